The number of nitrogens with zero attached hydrogens (tertiary/aromatic N) is 1. The van der Waals surface area contributed by atoms with Gasteiger partial charge < -0.3 is 10.6 Å². The lowest BCUT2D eigenvalue weighted by molar-refractivity contribution is -0.115. The number of halogens is 1. The molecule has 17 heavy (non-hydrogen) atoms. The van der Waals surface area contributed by atoms with Crippen LogP contribution >= 0.6 is 11.6 Å². The number of hydrogen-bond donors (Lipinski definition) is 2. The van der Waals surface area contributed by atoms with E-state index in [4.69, 9.17) is 16.9 Å². The van der Waals surface area contributed by atoms with E-state index in [0.29, 0.717) is 16.3 Å². The molecule has 1 amide bonds. The lowest BCUT2D eigenvalue weighted by atomic mass is 10.2. The molecule has 0 heterocycles. The molecule has 0 saturated heterocycles. The van der Waals surface area contributed by atoms with Crippen LogP contribution in [-0.4, -0.2) is 18.5 Å². The Hall–Kier alpha value is -1.57. The van der Waals surface area contributed by atoms with Crippen molar-refractivity contribution in [3.8, 4) is 6.07 Å². The van der Waals surface area contributed by atoms with Crippen molar-refractivity contribution >= 4 is 23.2 Å². The van der Waals surface area contributed by atoms with Gasteiger partial charge in [-0.2, -0.15) is 5.26 Å². The summed E-state index contributed by atoms with van der Waals surface area (Å²) < 4.78 is 0. The largest absolute Gasteiger partial charge is 0.325 e. The first-order valence-electron chi connectivity index (χ1n) is 5.26. The minimum atomic E-state index is -0.148. The second-order valence-electron chi connectivity index (χ2n) is 3.89. The molecule has 0 radical (unpaired) electrons. The number of carbonyl (C=O) groups is 1. The third-order valence-electron chi connectivity index (χ3n) is 2.04. The van der Waals surface area contributed by atoms with Crippen molar-refractivity contribution in [1.82, 2.24) is 5.32 Å². The highest BCUT2D eigenvalue weighted by Gasteiger charge is 2.05. The predicted molar refractivity (Wildman–Crippen MR) is 67.9 cm³/mol. The van der Waals surface area contributed by atoms with E-state index in [1.54, 1.807) is 18.2 Å². The van der Waals surface area contributed by atoms with E-state index >= 15 is 0 Å². The molecular formula is C12H14ClN3O. The van der Waals surface area contributed by atoms with Gasteiger partial charge in [-0.1, -0.05) is 25.4 Å². The Labute approximate surface area is 106 Å². The molecule has 0 unspecified atom stereocenters. The number of nitriles is 1. The summed E-state index contributed by atoms with van der Waals surface area (Å²) in [4.78, 5) is 11.5. The summed E-state index contributed by atoms with van der Waals surface area (Å²) in [5, 5.41) is 14.9. The molecule has 0 spiro atoms. The molecule has 1 rings (SSSR count). The first-order chi connectivity index (χ1) is 8.02. The van der Waals surface area contributed by atoms with Crippen LogP contribution in [0.15, 0.2) is 18.2 Å². The molecule has 0 aliphatic heterocycles. The Morgan fingerprint density at radius 3 is 2.82 bits per heavy atom. The highest BCUT2D eigenvalue weighted by Crippen LogP contribution is 2.19. The molecule has 90 valence electrons. The van der Waals surface area contributed by atoms with E-state index in [0.717, 1.165) is 0 Å². The average molecular weight is 252 g/mol. The van der Waals surface area contributed by atoms with Crippen LogP contribution in [0, 0.1) is 11.3 Å². The molecule has 0 saturated carbocycles. The summed E-state index contributed by atoms with van der Waals surface area (Å²) in [6.07, 6.45) is 0. The molecule has 0 aliphatic rings. The van der Waals surface area contributed by atoms with Crippen molar-refractivity contribution < 1.29 is 4.79 Å². The molecular weight excluding hydrogens is 238 g/mol. The molecule has 1 aromatic rings. The van der Waals surface area contributed by atoms with E-state index in [9.17, 15) is 4.79 Å². The molecule has 0 aromatic heterocycles. The fraction of sp³-hybridized carbons (Fsp3) is 0.333. The van der Waals surface area contributed by atoms with Crippen LogP contribution in [0.3, 0.4) is 0 Å². The minimum Gasteiger partial charge on any atom is -0.325 e. The van der Waals surface area contributed by atoms with E-state index in [-0.39, 0.29) is 18.5 Å². The van der Waals surface area contributed by atoms with Gasteiger partial charge >= 0.3 is 0 Å². The zero-order valence-corrected chi connectivity index (χ0v) is 10.5. The summed E-state index contributed by atoms with van der Waals surface area (Å²) in [7, 11) is 0. The minimum absolute atomic E-state index is 0.148. The van der Waals surface area contributed by atoms with Crippen LogP contribution in [0.4, 0.5) is 5.69 Å². The molecule has 0 aliphatic carbocycles. The molecule has 0 fully saturated rings. The molecule has 0 atom stereocenters. The van der Waals surface area contributed by atoms with Crippen molar-refractivity contribution in [2.24, 2.45) is 0 Å². The third-order valence-corrected chi connectivity index (χ3v) is 2.37. The SMILES string of the molecule is CC(C)NCC(=O)Nc1ccc(Cl)c(C#N)c1. The Bertz CT molecular complexity index is 452. The first-order valence-corrected chi connectivity index (χ1v) is 5.63. The lowest BCUT2D eigenvalue weighted by Crippen LogP contribution is -2.32. The second-order valence-corrected chi connectivity index (χ2v) is 4.30. The molecule has 2 N–H and O–H groups in total. The van der Waals surface area contributed by atoms with Crippen LogP contribution in [0.25, 0.3) is 0 Å². The second kappa shape index (κ2) is 6.24. The number of benzene rings is 1. The first kappa shape index (κ1) is 13.5. The lowest BCUT2D eigenvalue weighted by Gasteiger charge is -2.09. The third kappa shape index (κ3) is 4.43. The Morgan fingerprint density at radius 2 is 2.24 bits per heavy atom. The summed E-state index contributed by atoms with van der Waals surface area (Å²) >= 11 is 5.79. The van der Waals surface area contributed by atoms with Crippen molar-refractivity contribution in [3.05, 3.63) is 28.8 Å². The number of anilines is 1. The standard InChI is InChI=1S/C12H14ClN3O/c1-8(2)15-7-12(17)16-10-3-4-11(13)9(5-10)6-14/h3-5,8,15H,7H2,1-2H3,(H,16,17). The van der Waals surface area contributed by atoms with Crippen LogP contribution in [-0.2, 0) is 4.79 Å². The van der Waals surface area contributed by atoms with Crippen LogP contribution in [0.1, 0.15) is 19.4 Å². The normalized spacial score (nSPS) is 10.1. The monoisotopic (exact) mass is 251 g/mol. The van der Waals surface area contributed by atoms with Crippen LogP contribution in [0.5, 0.6) is 0 Å². The number of carbonyl (C=O) groups excluding carboxylic acids is 1. The van der Waals surface area contributed by atoms with Gasteiger partial charge in [0.05, 0.1) is 17.1 Å². The number of amides is 1. The van der Waals surface area contributed by atoms with Crippen molar-refractivity contribution in [2.75, 3.05) is 11.9 Å². The number of hydrogen-bond acceptors (Lipinski definition) is 3. The van der Waals surface area contributed by atoms with Crippen LogP contribution in [0.2, 0.25) is 5.02 Å². The Morgan fingerprint density at radius 1 is 1.53 bits per heavy atom. The molecule has 1 aromatic carbocycles. The average Bonchev–Trinajstić information content (AvgIpc) is 2.29. The van der Waals surface area contributed by atoms with Gasteiger partial charge in [0, 0.05) is 11.7 Å². The van der Waals surface area contributed by atoms with Crippen molar-refractivity contribution in [1.29, 1.82) is 5.26 Å². The highest BCUT2D eigenvalue weighted by molar-refractivity contribution is 6.31. The van der Waals surface area contributed by atoms with Gasteiger partial charge in [-0.3, -0.25) is 4.79 Å². The highest BCUT2D eigenvalue weighted by atomic mass is 35.5. The van der Waals surface area contributed by atoms with E-state index in [1.165, 1.54) is 0 Å². The van der Waals surface area contributed by atoms with Crippen molar-refractivity contribution in [2.45, 2.75) is 19.9 Å². The van der Waals surface area contributed by atoms with Gasteiger partial charge in [0.15, 0.2) is 0 Å². The number of rotatable bonds is 4. The van der Waals surface area contributed by atoms with Gasteiger partial charge in [-0.25, -0.2) is 0 Å². The zero-order valence-electron chi connectivity index (χ0n) is 9.75. The summed E-state index contributed by atoms with van der Waals surface area (Å²) in [6, 6.07) is 7.01. The summed E-state index contributed by atoms with van der Waals surface area (Å²) in [5.41, 5.74) is 0.919. The molecule has 5 heteroatoms. The Kier molecular flexibility index (Phi) is 4.95. The maximum Gasteiger partial charge on any atom is 0.238 e. The quantitative estimate of drug-likeness (QED) is 0.862. The maximum absolute atomic E-state index is 11.5. The summed E-state index contributed by atoms with van der Waals surface area (Å²) in [5.74, 6) is -0.148. The number of nitrogens with one attached hydrogen (secondary N) is 2. The van der Waals surface area contributed by atoms with Crippen molar-refractivity contribution in [3.63, 3.8) is 0 Å². The van der Waals surface area contributed by atoms with Gasteiger partial charge in [-0.05, 0) is 18.2 Å². The fourth-order valence-corrected chi connectivity index (χ4v) is 1.35. The van der Waals surface area contributed by atoms with Gasteiger partial charge in [0.1, 0.15) is 6.07 Å². The van der Waals surface area contributed by atoms with E-state index in [2.05, 4.69) is 10.6 Å². The Balaban J connectivity index is 2.63. The topological polar surface area (TPSA) is 64.9 Å². The fourth-order valence-electron chi connectivity index (χ4n) is 1.19. The van der Waals surface area contributed by atoms with Gasteiger partial charge in [0.25, 0.3) is 0 Å². The van der Waals surface area contributed by atoms with E-state index in [1.807, 2.05) is 19.9 Å². The van der Waals surface area contributed by atoms with E-state index < -0.39 is 0 Å². The van der Waals surface area contributed by atoms with Crippen LogP contribution < -0.4 is 10.6 Å². The maximum atomic E-state index is 11.5. The molecule has 4 nitrogen and oxygen atoms in total. The summed E-state index contributed by atoms with van der Waals surface area (Å²) in [6.45, 7) is 4.16. The smallest absolute Gasteiger partial charge is 0.238 e. The molecule has 0 bridgehead atoms. The van der Waals surface area contributed by atoms with Gasteiger partial charge in [0.2, 0.25) is 5.91 Å². The predicted octanol–water partition coefficient (Wildman–Crippen LogP) is 2.15. The zero-order chi connectivity index (χ0) is 12.8. The van der Waals surface area contributed by atoms with Gasteiger partial charge in [-0.15, -0.1) is 0 Å².